The second kappa shape index (κ2) is 19.6. The number of likely N-dealkylation sites (tertiary alicyclic amines) is 1. The van der Waals surface area contributed by atoms with Crippen LogP contribution < -0.4 is 24.4 Å². The normalized spacial score (nSPS) is 15.8. The minimum Gasteiger partial charge on any atom is -0.497 e. The lowest BCUT2D eigenvalue weighted by molar-refractivity contribution is 0.0499. The smallest absolute Gasteiger partial charge is 0.407 e. The van der Waals surface area contributed by atoms with Crippen LogP contribution in [0.1, 0.15) is 50.3 Å². The van der Waals surface area contributed by atoms with E-state index in [1.807, 2.05) is 4.90 Å². The third-order valence-electron chi connectivity index (χ3n) is 11.3. The van der Waals surface area contributed by atoms with Crippen molar-refractivity contribution in [1.29, 1.82) is 0 Å². The molecule has 5 aromatic rings. The summed E-state index contributed by atoms with van der Waals surface area (Å²) in [5.41, 5.74) is 1.32. The Morgan fingerprint density at radius 1 is 0.788 bits per heavy atom. The summed E-state index contributed by atoms with van der Waals surface area (Å²) in [6, 6.07) is 23.2. The number of benzene rings is 4. The first-order valence-corrected chi connectivity index (χ1v) is 24.2. The van der Waals surface area contributed by atoms with Gasteiger partial charge in [-0.3, -0.25) is 0 Å². The van der Waals surface area contributed by atoms with Gasteiger partial charge in [-0.05, 0) is 109 Å². The van der Waals surface area contributed by atoms with Crippen LogP contribution in [-0.2, 0) is 44.2 Å². The summed E-state index contributed by atoms with van der Waals surface area (Å²) in [4.78, 5) is 26.6. The molecule has 0 spiro atoms. The van der Waals surface area contributed by atoms with Gasteiger partial charge < -0.3 is 39.2 Å². The Labute approximate surface area is 384 Å². The number of ether oxygens (including phenoxy) is 4. The van der Waals surface area contributed by atoms with E-state index in [9.17, 15) is 23.1 Å². The van der Waals surface area contributed by atoms with Crippen LogP contribution in [0, 0.1) is 0 Å². The van der Waals surface area contributed by atoms with E-state index < -0.39 is 58.7 Å². The van der Waals surface area contributed by atoms with Gasteiger partial charge in [0.1, 0.15) is 33.0 Å². The van der Waals surface area contributed by atoms with E-state index in [0.29, 0.717) is 53.4 Å². The molecule has 1 aromatic heterocycles. The number of hydrogen-bond acceptors (Lipinski definition) is 14. The molecule has 2 aliphatic heterocycles. The number of methoxy groups -OCH3 is 3. The second-order valence-electron chi connectivity index (χ2n) is 17.1. The standard InChI is InChI=1S/C45H54N8O11S2/c1-45(2,3)64-43(54)46-33-8-7-23-50(27-33)38-21-22-39(65(57,58)37-28-51(29-37)44(55)56)41(40(38)42-47-48-49-53(42)26-32-13-19-36(63-6)20-14-32)66(59,60)52(24-30-9-15-34(61-4)16-10-30)25-31-11-17-35(62-5)18-12-31/h9-22,33,37H,7-8,23-29H2,1-6H3,(H,46,54)(H,55,56)/t33-/m1/s1. The maximum absolute atomic E-state index is 16.1. The van der Waals surface area contributed by atoms with E-state index in [-0.39, 0.29) is 50.7 Å². The largest absolute Gasteiger partial charge is 0.497 e. The van der Waals surface area contributed by atoms with Gasteiger partial charge in [0.25, 0.3) is 0 Å². The molecule has 2 saturated heterocycles. The number of sulfone groups is 1. The second-order valence-corrected chi connectivity index (χ2v) is 21.1. The lowest BCUT2D eigenvalue weighted by Crippen LogP contribution is -2.56. The number of hydrogen-bond donors (Lipinski definition) is 2. The Kier molecular flexibility index (Phi) is 14.1. The van der Waals surface area contributed by atoms with Gasteiger partial charge in [-0.2, -0.15) is 4.31 Å². The summed E-state index contributed by atoms with van der Waals surface area (Å²) in [7, 11) is -4.95. The fourth-order valence-corrected chi connectivity index (χ4v) is 12.0. The van der Waals surface area contributed by atoms with Gasteiger partial charge in [0.05, 0.1) is 38.3 Å². The molecule has 19 nitrogen and oxygen atoms in total. The third-order valence-corrected chi connectivity index (χ3v) is 15.5. The summed E-state index contributed by atoms with van der Waals surface area (Å²) in [6.07, 6.45) is -0.774. The number of rotatable bonds is 16. The third kappa shape index (κ3) is 10.6. The number of piperidine rings is 1. The number of carbonyl (C=O) groups is 2. The first-order valence-electron chi connectivity index (χ1n) is 21.2. The molecule has 0 bridgehead atoms. The molecule has 2 amide bonds. The van der Waals surface area contributed by atoms with Crippen molar-refractivity contribution in [3.05, 3.63) is 102 Å². The van der Waals surface area contributed by atoms with Crippen molar-refractivity contribution in [2.45, 2.75) is 79.9 Å². The number of carbonyl (C=O) groups excluding carboxylic acids is 1. The van der Waals surface area contributed by atoms with E-state index in [4.69, 9.17) is 18.9 Å². The van der Waals surface area contributed by atoms with Crippen LogP contribution in [0.5, 0.6) is 17.2 Å². The predicted octanol–water partition coefficient (Wildman–Crippen LogP) is 5.43. The fraction of sp³-hybridized carbons (Fsp3) is 0.400. The van der Waals surface area contributed by atoms with Crippen LogP contribution in [-0.4, -0.2) is 128 Å². The highest BCUT2D eigenvalue weighted by atomic mass is 32.2. The van der Waals surface area contributed by atoms with Crippen LogP contribution in [0.4, 0.5) is 15.3 Å². The summed E-state index contributed by atoms with van der Waals surface area (Å²) < 4.78 is 86.5. The highest BCUT2D eigenvalue weighted by Gasteiger charge is 2.46. The molecule has 2 aliphatic rings. The van der Waals surface area contributed by atoms with Crippen molar-refractivity contribution in [1.82, 2.24) is 34.7 Å². The van der Waals surface area contributed by atoms with Crippen molar-refractivity contribution < 1.29 is 50.5 Å². The Bertz CT molecular complexity index is 2690. The topological polar surface area (TPSA) is 225 Å². The van der Waals surface area contributed by atoms with Gasteiger partial charge in [-0.15, -0.1) is 5.10 Å². The number of aromatic nitrogens is 4. The molecule has 0 saturated carbocycles. The summed E-state index contributed by atoms with van der Waals surface area (Å²) in [6.45, 7) is 4.75. The number of nitrogens with one attached hydrogen (secondary N) is 1. The summed E-state index contributed by atoms with van der Waals surface area (Å²) in [5, 5.41) is 24.1. The molecular weight excluding hydrogens is 893 g/mol. The molecule has 2 fully saturated rings. The molecule has 3 heterocycles. The Morgan fingerprint density at radius 2 is 1.33 bits per heavy atom. The van der Waals surface area contributed by atoms with Crippen LogP contribution in [0.2, 0.25) is 0 Å². The molecule has 0 radical (unpaired) electrons. The molecule has 0 unspecified atom stereocenters. The van der Waals surface area contributed by atoms with Gasteiger partial charge in [-0.1, -0.05) is 36.4 Å². The zero-order chi connectivity index (χ0) is 47.4. The van der Waals surface area contributed by atoms with Gasteiger partial charge >= 0.3 is 12.2 Å². The lowest BCUT2D eigenvalue weighted by atomic mass is 10.0. The van der Waals surface area contributed by atoms with E-state index in [1.54, 1.807) is 101 Å². The Balaban J connectivity index is 1.46. The predicted molar refractivity (Wildman–Crippen MR) is 243 cm³/mol. The number of tetrazole rings is 1. The first-order chi connectivity index (χ1) is 31.4. The first kappa shape index (κ1) is 47.5. The number of sulfonamides is 1. The number of nitrogens with zero attached hydrogens (tertiary/aromatic N) is 7. The number of anilines is 1. The monoisotopic (exact) mass is 946 g/mol. The molecule has 0 aliphatic carbocycles. The molecular formula is C45H54N8O11S2. The van der Waals surface area contributed by atoms with Crippen molar-refractivity contribution in [2.24, 2.45) is 0 Å². The minimum atomic E-state index is -4.94. The van der Waals surface area contributed by atoms with E-state index >= 15 is 8.42 Å². The number of amides is 2. The lowest BCUT2D eigenvalue weighted by Gasteiger charge is -2.38. The molecule has 7 rings (SSSR count). The van der Waals surface area contributed by atoms with Crippen molar-refractivity contribution in [3.8, 4) is 28.6 Å². The maximum Gasteiger partial charge on any atom is 0.407 e. The Morgan fingerprint density at radius 3 is 1.85 bits per heavy atom. The highest BCUT2D eigenvalue weighted by molar-refractivity contribution is 7.94. The quantitative estimate of drug-likeness (QED) is 0.126. The maximum atomic E-state index is 16.1. The molecule has 2 N–H and O–H groups in total. The molecule has 66 heavy (non-hydrogen) atoms. The van der Waals surface area contributed by atoms with E-state index in [1.165, 1.54) is 35.3 Å². The van der Waals surface area contributed by atoms with Crippen molar-refractivity contribution in [3.63, 3.8) is 0 Å². The fourth-order valence-electron chi connectivity index (χ4n) is 7.89. The summed E-state index contributed by atoms with van der Waals surface area (Å²) in [5.74, 6) is 1.66. The van der Waals surface area contributed by atoms with Crippen LogP contribution >= 0.6 is 0 Å². The number of alkyl carbamates (subject to hydrolysis) is 1. The zero-order valence-electron chi connectivity index (χ0n) is 37.6. The van der Waals surface area contributed by atoms with E-state index in [0.717, 1.165) is 10.5 Å². The van der Waals surface area contributed by atoms with Gasteiger partial charge in [-0.25, -0.2) is 31.1 Å². The minimum absolute atomic E-state index is 0.0443. The average Bonchev–Trinajstić information content (AvgIpc) is 3.72. The van der Waals surface area contributed by atoms with Crippen LogP contribution in [0.3, 0.4) is 0 Å². The van der Waals surface area contributed by atoms with Crippen molar-refractivity contribution >= 4 is 37.7 Å². The zero-order valence-corrected chi connectivity index (χ0v) is 39.2. The SMILES string of the molecule is COc1ccc(CN(Cc2ccc(OC)cc2)S(=O)(=O)c2c(S(=O)(=O)C3CN(C(=O)O)C3)ccc(N3CCC[C@@H](NC(=O)OC(C)(C)C)C3)c2-c2nnnn2Cc2ccc(OC)cc2)cc1. The van der Waals surface area contributed by atoms with Gasteiger partial charge in [0.15, 0.2) is 15.7 Å². The van der Waals surface area contributed by atoms with E-state index in [2.05, 4.69) is 20.8 Å². The molecule has 21 heteroatoms. The molecule has 1 atom stereocenters. The molecule has 352 valence electrons. The van der Waals surface area contributed by atoms with Crippen LogP contribution in [0.15, 0.2) is 94.7 Å². The Hall–Kier alpha value is -6.45. The van der Waals surface area contributed by atoms with Crippen molar-refractivity contribution in [2.75, 3.05) is 52.4 Å². The number of carboxylic acid groups (broad SMARTS) is 1. The van der Waals surface area contributed by atoms with Gasteiger partial charge in [0.2, 0.25) is 10.0 Å². The van der Waals surface area contributed by atoms with Crippen LogP contribution in [0.25, 0.3) is 11.4 Å². The highest BCUT2D eigenvalue weighted by Crippen LogP contribution is 2.44. The van der Waals surface area contributed by atoms with Gasteiger partial charge in [0, 0.05) is 51.0 Å². The summed E-state index contributed by atoms with van der Waals surface area (Å²) >= 11 is 0. The average molecular weight is 947 g/mol. The molecule has 4 aromatic carbocycles.